The third-order valence-corrected chi connectivity index (χ3v) is 2.76. The Morgan fingerprint density at radius 1 is 1.05 bits per heavy atom. The number of rotatable bonds is 5. The SMILES string of the molecule is CC(=O)OC[C@H]1O[C@@H](ON)[C@H](OC(C)=O)[C@@H](OC(C)=O)[C@H]1F. The van der Waals surface area contributed by atoms with Gasteiger partial charge in [-0.2, -0.15) is 0 Å². The fourth-order valence-electron chi connectivity index (χ4n) is 1.95. The summed E-state index contributed by atoms with van der Waals surface area (Å²) in [6, 6.07) is 0. The van der Waals surface area contributed by atoms with Crippen molar-refractivity contribution in [1.29, 1.82) is 0 Å². The zero-order valence-corrected chi connectivity index (χ0v) is 12.3. The lowest BCUT2D eigenvalue weighted by atomic mass is 10.00. The van der Waals surface area contributed by atoms with Crippen LogP contribution in [0, 0.1) is 0 Å². The second-order valence-electron chi connectivity index (χ2n) is 4.57. The fourth-order valence-corrected chi connectivity index (χ4v) is 1.95. The molecule has 0 aliphatic carbocycles. The van der Waals surface area contributed by atoms with Gasteiger partial charge in [-0.25, -0.2) is 10.3 Å². The molecule has 9 nitrogen and oxygen atoms in total. The van der Waals surface area contributed by atoms with Crippen molar-refractivity contribution in [3.05, 3.63) is 0 Å². The topological polar surface area (TPSA) is 123 Å². The standard InChI is InChI=1S/C12H18FNO8/c1-5(15)18-4-8-9(13)10(19-6(2)16)11(20-7(3)17)12(21-8)22-14/h8-12H,4,14H2,1-3H3/t8-,9+,10+,11-,12+/m1/s1. The maximum atomic E-state index is 14.5. The molecule has 1 aliphatic rings. The molecule has 0 saturated carbocycles. The van der Waals surface area contributed by atoms with Crippen LogP contribution in [-0.4, -0.2) is 55.3 Å². The summed E-state index contributed by atoms with van der Waals surface area (Å²) in [6.07, 6.45) is -7.51. The lowest BCUT2D eigenvalue weighted by molar-refractivity contribution is -0.298. The first kappa shape index (κ1) is 18.3. The Balaban J connectivity index is 2.95. The molecule has 0 amide bonds. The average molecular weight is 323 g/mol. The van der Waals surface area contributed by atoms with Gasteiger partial charge < -0.3 is 18.9 Å². The number of hydrogen-bond donors (Lipinski definition) is 1. The molecule has 0 unspecified atom stereocenters. The zero-order chi connectivity index (χ0) is 16.9. The maximum absolute atomic E-state index is 14.5. The first-order valence-corrected chi connectivity index (χ1v) is 6.39. The van der Waals surface area contributed by atoms with E-state index < -0.39 is 55.3 Å². The Kier molecular flexibility index (Phi) is 6.65. The number of nitrogens with two attached hydrogens (primary N) is 1. The van der Waals surface area contributed by atoms with Crippen LogP contribution in [0.1, 0.15) is 20.8 Å². The average Bonchev–Trinajstić information content (AvgIpc) is 2.41. The third kappa shape index (κ3) is 4.90. The van der Waals surface area contributed by atoms with Gasteiger partial charge in [-0.3, -0.25) is 19.2 Å². The largest absolute Gasteiger partial charge is 0.463 e. The Labute approximate surface area is 125 Å². The maximum Gasteiger partial charge on any atom is 0.303 e. The monoisotopic (exact) mass is 323 g/mol. The molecule has 0 spiro atoms. The van der Waals surface area contributed by atoms with E-state index in [9.17, 15) is 18.8 Å². The van der Waals surface area contributed by atoms with Gasteiger partial charge in [0.2, 0.25) is 6.29 Å². The third-order valence-electron chi connectivity index (χ3n) is 2.76. The molecule has 1 rings (SSSR count). The minimum atomic E-state index is -1.92. The van der Waals surface area contributed by atoms with Crippen molar-refractivity contribution in [1.82, 2.24) is 0 Å². The van der Waals surface area contributed by atoms with E-state index in [1.807, 2.05) is 0 Å². The molecule has 0 radical (unpaired) electrons. The lowest BCUT2D eigenvalue weighted by Crippen LogP contribution is -2.60. The van der Waals surface area contributed by atoms with E-state index in [0.29, 0.717) is 0 Å². The number of carbonyl (C=O) groups is 3. The molecule has 1 fully saturated rings. The summed E-state index contributed by atoms with van der Waals surface area (Å²) < 4.78 is 34.0. The molecule has 0 aromatic heterocycles. The molecule has 2 N–H and O–H groups in total. The molecule has 0 aromatic carbocycles. The van der Waals surface area contributed by atoms with E-state index in [-0.39, 0.29) is 0 Å². The predicted octanol–water partition coefficient (Wildman–Crippen LogP) is -0.634. The second-order valence-corrected chi connectivity index (χ2v) is 4.57. The molecule has 5 atom stereocenters. The first-order valence-electron chi connectivity index (χ1n) is 6.39. The van der Waals surface area contributed by atoms with Crippen LogP contribution in [0.15, 0.2) is 0 Å². The highest BCUT2D eigenvalue weighted by Gasteiger charge is 2.51. The van der Waals surface area contributed by atoms with Gasteiger partial charge in [-0.1, -0.05) is 0 Å². The van der Waals surface area contributed by atoms with Crippen molar-refractivity contribution in [3.63, 3.8) is 0 Å². The van der Waals surface area contributed by atoms with Gasteiger partial charge in [0.1, 0.15) is 12.7 Å². The molecule has 0 bridgehead atoms. The number of ether oxygens (including phenoxy) is 4. The molecular formula is C12H18FNO8. The normalized spacial score (nSPS) is 31.2. The van der Waals surface area contributed by atoms with E-state index in [1.54, 1.807) is 0 Å². The summed E-state index contributed by atoms with van der Waals surface area (Å²) in [5.41, 5.74) is 0. The fraction of sp³-hybridized carbons (Fsp3) is 0.750. The van der Waals surface area contributed by atoms with Crippen LogP contribution in [0.5, 0.6) is 0 Å². The van der Waals surface area contributed by atoms with Gasteiger partial charge in [-0.05, 0) is 0 Å². The summed E-state index contributed by atoms with van der Waals surface area (Å²) in [4.78, 5) is 37.5. The number of halogens is 1. The van der Waals surface area contributed by atoms with Crippen LogP contribution in [0.4, 0.5) is 4.39 Å². The van der Waals surface area contributed by atoms with Gasteiger partial charge in [-0.15, -0.1) is 0 Å². The number of carbonyl (C=O) groups excluding carboxylic acids is 3. The van der Waals surface area contributed by atoms with Crippen molar-refractivity contribution >= 4 is 17.9 Å². The van der Waals surface area contributed by atoms with Crippen LogP contribution in [0.3, 0.4) is 0 Å². The van der Waals surface area contributed by atoms with Gasteiger partial charge in [0.05, 0.1) is 0 Å². The van der Waals surface area contributed by atoms with Crippen LogP contribution >= 0.6 is 0 Å². The summed E-state index contributed by atoms with van der Waals surface area (Å²) in [5, 5.41) is 0. The van der Waals surface area contributed by atoms with E-state index in [4.69, 9.17) is 20.1 Å². The second kappa shape index (κ2) is 8.01. The molecule has 126 valence electrons. The number of alkyl halides is 1. The van der Waals surface area contributed by atoms with Crippen LogP contribution in [0.2, 0.25) is 0 Å². The van der Waals surface area contributed by atoms with Crippen LogP contribution in [0.25, 0.3) is 0 Å². The highest BCUT2D eigenvalue weighted by molar-refractivity contribution is 5.67. The van der Waals surface area contributed by atoms with Crippen molar-refractivity contribution < 1.29 is 42.6 Å². The van der Waals surface area contributed by atoms with Crippen molar-refractivity contribution in [3.8, 4) is 0 Å². The van der Waals surface area contributed by atoms with E-state index >= 15 is 0 Å². The van der Waals surface area contributed by atoms with Crippen molar-refractivity contribution in [2.75, 3.05) is 6.61 Å². The Morgan fingerprint density at radius 2 is 1.59 bits per heavy atom. The lowest BCUT2D eigenvalue weighted by Gasteiger charge is -2.40. The van der Waals surface area contributed by atoms with Crippen LogP contribution in [-0.2, 0) is 38.2 Å². The molecule has 0 aromatic rings. The molecular weight excluding hydrogens is 305 g/mol. The minimum absolute atomic E-state index is 0.444. The summed E-state index contributed by atoms with van der Waals surface area (Å²) in [5.74, 6) is 2.83. The van der Waals surface area contributed by atoms with Crippen molar-refractivity contribution in [2.24, 2.45) is 5.90 Å². The van der Waals surface area contributed by atoms with Gasteiger partial charge in [0, 0.05) is 20.8 Å². The summed E-state index contributed by atoms with van der Waals surface area (Å²) in [6.45, 7) is 2.84. The molecule has 10 heteroatoms. The van der Waals surface area contributed by atoms with Gasteiger partial charge in [0.15, 0.2) is 18.4 Å². The molecule has 1 heterocycles. The molecule has 1 aliphatic heterocycles. The zero-order valence-electron chi connectivity index (χ0n) is 12.3. The van der Waals surface area contributed by atoms with Gasteiger partial charge in [0.25, 0.3) is 0 Å². The molecule has 1 saturated heterocycles. The Morgan fingerprint density at radius 3 is 2.05 bits per heavy atom. The van der Waals surface area contributed by atoms with E-state index in [2.05, 4.69) is 9.57 Å². The summed E-state index contributed by atoms with van der Waals surface area (Å²) >= 11 is 0. The number of esters is 3. The predicted molar refractivity (Wildman–Crippen MR) is 66.6 cm³/mol. The Hall–Kier alpha value is -1.78. The van der Waals surface area contributed by atoms with Gasteiger partial charge >= 0.3 is 17.9 Å². The highest BCUT2D eigenvalue weighted by atomic mass is 19.1. The molecule has 22 heavy (non-hydrogen) atoms. The highest BCUT2D eigenvalue weighted by Crippen LogP contribution is 2.28. The first-order chi connectivity index (χ1) is 10.3. The minimum Gasteiger partial charge on any atom is -0.463 e. The van der Waals surface area contributed by atoms with Crippen LogP contribution < -0.4 is 5.90 Å². The number of hydrogen-bond acceptors (Lipinski definition) is 9. The van der Waals surface area contributed by atoms with E-state index in [0.717, 1.165) is 20.8 Å². The van der Waals surface area contributed by atoms with E-state index in [1.165, 1.54) is 0 Å². The quantitative estimate of drug-likeness (QED) is 0.400. The smallest absolute Gasteiger partial charge is 0.303 e. The summed E-state index contributed by atoms with van der Waals surface area (Å²) in [7, 11) is 0. The Bertz CT molecular complexity index is 431. The van der Waals surface area contributed by atoms with Crippen molar-refractivity contribution in [2.45, 2.75) is 51.5 Å².